The van der Waals surface area contributed by atoms with Gasteiger partial charge in [0.25, 0.3) is 0 Å². The molecule has 2 fully saturated rings. The second-order valence-corrected chi connectivity index (χ2v) is 16.0. The molecule has 6 aliphatic rings. The van der Waals surface area contributed by atoms with Crippen LogP contribution >= 0.6 is 0 Å². The number of hydrogen-bond donors (Lipinski definition) is 5. The number of piperidine rings is 1. The van der Waals surface area contributed by atoms with Gasteiger partial charge < -0.3 is 44.7 Å². The SMILES string of the molecule is CCOC(=O)C1=C(C=O)C2=C3CC(CO)C(=O)C(C3)c3cc4c(cc3CCC(CO)COc3c5c(c(CO)c(c32)O1)OC(C(C)(O)C1CCNCC1)C5)=NCC=4. The van der Waals surface area contributed by atoms with E-state index < -0.39 is 42.7 Å². The number of esters is 1. The Morgan fingerprint density at radius 2 is 1.88 bits per heavy atom. The van der Waals surface area contributed by atoms with Crippen molar-refractivity contribution in [2.45, 2.75) is 83.0 Å². The molecule has 0 radical (unpaired) electrons. The number of allylic oxidation sites excluding steroid dienone is 3. The summed E-state index contributed by atoms with van der Waals surface area (Å²) in [6, 6.07) is 4.01. The average molecular weight is 771 g/mol. The number of ketones is 1. The Morgan fingerprint density at radius 3 is 2.59 bits per heavy atom. The summed E-state index contributed by atoms with van der Waals surface area (Å²) < 4.78 is 25.2. The van der Waals surface area contributed by atoms with Crippen LogP contribution in [0, 0.1) is 17.8 Å². The van der Waals surface area contributed by atoms with Crippen LogP contribution in [0.15, 0.2) is 34.0 Å². The van der Waals surface area contributed by atoms with Gasteiger partial charge in [-0.3, -0.25) is 14.6 Å². The first kappa shape index (κ1) is 38.5. The van der Waals surface area contributed by atoms with E-state index in [9.17, 15) is 34.8 Å². The Bertz CT molecular complexity index is 2150. The molecule has 298 valence electrons. The van der Waals surface area contributed by atoms with Crippen LogP contribution in [0.5, 0.6) is 17.2 Å². The minimum atomic E-state index is -1.27. The van der Waals surface area contributed by atoms with E-state index >= 15 is 0 Å². The molecule has 2 aromatic carbocycles. The van der Waals surface area contributed by atoms with Gasteiger partial charge in [0.05, 0.1) is 55.0 Å². The molecule has 1 saturated heterocycles. The zero-order chi connectivity index (χ0) is 39.3. The number of aryl methyl sites for hydroxylation is 1. The van der Waals surface area contributed by atoms with Crippen LogP contribution in [-0.2, 0) is 38.6 Å². The van der Waals surface area contributed by atoms with Crippen LogP contribution in [0.25, 0.3) is 11.6 Å². The molecule has 0 amide bonds. The highest BCUT2D eigenvalue weighted by Gasteiger charge is 2.49. The molecule has 56 heavy (non-hydrogen) atoms. The molecule has 1 aliphatic carbocycles. The maximum Gasteiger partial charge on any atom is 0.375 e. The number of nitrogens with one attached hydrogen (secondary N) is 1. The minimum absolute atomic E-state index is 0.00528. The van der Waals surface area contributed by atoms with Crippen molar-refractivity contribution in [1.82, 2.24) is 5.32 Å². The number of hydrogen-bond acceptors (Lipinski definition) is 13. The van der Waals surface area contributed by atoms with Crippen molar-refractivity contribution < 1.29 is 53.8 Å². The Hall–Kier alpha value is -4.40. The molecular weight excluding hydrogens is 720 g/mol. The van der Waals surface area contributed by atoms with E-state index in [1.54, 1.807) is 13.8 Å². The molecule has 8 rings (SSSR count). The van der Waals surface area contributed by atoms with Gasteiger partial charge in [-0.1, -0.05) is 11.6 Å². The van der Waals surface area contributed by atoms with E-state index in [2.05, 4.69) is 10.3 Å². The normalized spacial score (nSPS) is 25.6. The smallest absolute Gasteiger partial charge is 0.375 e. The first-order valence-electron chi connectivity index (χ1n) is 19.9. The fourth-order valence-electron chi connectivity index (χ4n) is 9.63. The van der Waals surface area contributed by atoms with Crippen molar-refractivity contribution in [3.63, 3.8) is 0 Å². The predicted octanol–water partition coefficient (Wildman–Crippen LogP) is 1.50. The lowest BCUT2D eigenvalue weighted by Gasteiger charge is -2.39. The Balaban J connectivity index is 1.40. The van der Waals surface area contributed by atoms with Gasteiger partial charge in [0.15, 0.2) is 6.29 Å². The molecule has 0 spiro atoms. The van der Waals surface area contributed by atoms with E-state index in [1.807, 2.05) is 18.2 Å². The van der Waals surface area contributed by atoms with Gasteiger partial charge in [0.2, 0.25) is 5.76 Å². The first-order valence-corrected chi connectivity index (χ1v) is 19.9. The third kappa shape index (κ3) is 6.47. The summed E-state index contributed by atoms with van der Waals surface area (Å²) in [5, 5.41) is 49.7. The topological polar surface area (TPSA) is 193 Å². The maximum atomic E-state index is 14.3. The average Bonchev–Trinajstić information content (AvgIpc) is 3.88. The van der Waals surface area contributed by atoms with Crippen LogP contribution in [0.4, 0.5) is 0 Å². The minimum Gasteiger partial charge on any atom is -0.492 e. The van der Waals surface area contributed by atoms with Gasteiger partial charge in [-0.25, -0.2) is 4.79 Å². The zero-order valence-corrected chi connectivity index (χ0v) is 31.9. The number of carbonyl (C=O) groups excluding carboxylic acids is 3. The number of rotatable bonds is 8. The number of fused-ring (bicyclic) bond motifs is 7. The molecule has 5 heterocycles. The summed E-state index contributed by atoms with van der Waals surface area (Å²) in [6.45, 7) is 4.28. The van der Waals surface area contributed by atoms with Crippen LogP contribution in [-0.4, -0.2) is 96.2 Å². The number of aldehydes is 1. The largest absolute Gasteiger partial charge is 0.492 e. The summed E-state index contributed by atoms with van der Waals surface area (Å²) in [5.74, 6) is -2.78. The Labute approximate surface area is 324 Å². The van der Waals surface area contributed by atoms with Gasteiger partial charge in [-0.05, 0) is 99.9 Å². The maximum absolute atomic E-state index is 14.3. The molecule has 5 aliphatic heterocycles. The van der Waals surface area contributed by atoms with Gasteiger partial charge in [0.1, 0.15) is 34.7 Å². The van der Waals surface area contributed by atoms with Crippen molar-refractivity contribution in [1.29, 1.82) is 0 Å². The van der Waals surface area contributed by atoms with E-state index in [4.69, 9.17) is 18.9 Å². The van der Waals surface area contributed by atoms with E-state index in [1.165, 1.54) is 0 Å². The van der Waals surface area contributed by atoms with E-state index in [0.29, 0.717) is 47.9 Å². The van der Waals surface area contributed by atoms with Gasteiger partial charge in [-0.2, -0.15) is 0 Å². The van der Waals surface area contributed by atoms with Gasteiger partial charge in [-0.15, -0.1) is 0 Å². The standard InChI is InChI=1S/C43H50N2O11/c1-3-53-42(51)41-31(19-48)35-25-12-26(18-47)37(50)29(14-25)28-13-24-6-11-45-33(24)15-23(28)5-4-22(17-46)21-54-39-30-16-34(43(2,52)27-7-9-44-10-8-27)55-38(30)32(20-49)40(56-41)36(35)39/h6,13,15,19,22,26-27,29,34,44,46-47,49,52H,3-5,7-12,14,16-18,20-21H2,1-2H3. The molecule has 5 unspecified atom stereocenters. The third-order valence-electron chi connectivity index (χ3n) is 12.8. The lowest BCUT2D eigenvalue weighted by Crippen LogP contribution is -2.51. The highest BCUT2D eigenvalue weighted by Crippen LogP contribution is 2.57. The molecule has 5 N–H and O–H groups in total. The number of Topliss-reactive ketones (excluding diaryl/α,β-unsaturated/α-hetero) is 1. The van der Waals surface area contributed by atoms with Gasteiger partial charge >= 0.3 is 5.97 Å². The van der Waals surface area contributed by atoms with Crippen molar-refractivity contribution in [3.05, 3.63) is 67.4 Å². The molecule has 0 aromatic heterocycles. The van der Waals surface area contributed by atoms with Gasteiger partial charge in [0, 0.05) is 41.9 Å². The van der Waals surface area contributed by atoms with Crippen LogP contribution in [0.3, 0.4) is 0 Å². The van der Waals surface area contributed by atoms with Crippen molar-refractivity contribution >= 4 is 29.7 Å². The fourth-order valence-corrected chi connectivity index (χ4v) is 9.63. The molecule has 1 saturated carbocycles. The second-order valence-electron chi connectivity index (χ2n) is 16.0. The lowest BCUT2D eigenvalue weighted by molar-refractivity contribution is -0.141. The van der Waals surface area contributed by atoms with Crippen LogP contribution in [0.1, 0.15) is 79.7 Å². The molecule has 2 bridgehead atoms. The highest BCUT2D eigenvalue weighted by atomic mass is 16.6. The molecule has 2 aromatic rings. The predicted molar refractivity (Wildman–Crippen MR) is 202 cm³/mol. The Kier molecular flexibility index (Phi) is 10.7. The van der Waals surface area contributed by atoms with Crippen molar-refractivity contribution in [3.8, 4) is 17.2 Å². The molecular formula is C43H50N2O11. The third-order valence-corrected chi connectivity index (χ3v) is 12.8. The number of benzene rings is 2. The summed E-state index contributed by atoms with van der Waals surface area (Å²) >= 11 is 0. The summed E-state index contributed by atoms with van der Waals surface area (Å²) in [6.07, 6.45) is 4.78. The summed E-state index contributed by atoms with van der Waals surface area (Å²) in [5.41, 5.74) is 2.35. The molecule has 13 heteroatoms. The first-order chi connectivity index (χ1) is 27.1. The fraction of sp³-hybridized carbons (Fsp3) is 0.535. The zero-order valence-electron chi connectivity index (χ0n) is 31.9. The van der Waals surface area contributed by atoms with Crippen LogP contribution in [0.2, 0.25) is 0 Å². The second kappa shape index (κ2) is 15.5. The van der Waals surface area contributed by atoms with Crippen molar-refractivity contribution in [2.24, 2.45) is 22.7 Å². The summed E-state index contributed by atoms with van der Waals surface area (Å²) in [4.78, 5) is 46.0. The van der Waals surface area contributed by atoms with E-state index in [0.717, 1.165) is 47.6 Å². The van der Waals surface area contributed by atoms with E-state index in [-0.39, 0.29) is 90.8 Å². The molecule has 13 nitrogen and oxygen atoms in total. The summed E-state index contributed by atoms with van der Waals surface area (Å²) in [7, 11) is 0. The Morgan fingerprint density at radius 1 is 1.07 bits per heavy atom. The van der Waals surface area contributed by atoms with Crippen molar-refractivity contribution in [2.75, 3.05) is 46.1 Å². The quantitative estimate of drug-likeness (QED) is 0.192. The number of nitrogens with zero attached hydrogens (tertiary/aromatic N) is 1. The number of ether oxygens (including phenoxy) is 4. The number of carbonyl (C=O) groups is 3. The number of aliphatic hydroxyl groups is 4. The van der Waals surface area contributed by atoms with Crippen LogP contribution < -0.4 is 30.1 Å². The molecule has 5 atom stereocenters. The highest BCUT2D eigenvalue weighted by molar-refractivity contribution is 6.11. The monoisotopic (exact) mass is 770 g/mol. The lowest BCUT2D eigenvalue weighted by atomic mass is 9.70. The number of aliphatic hydroxyl groups excluding tert-OH is 3.